The van der Waals surface area contributed by atoms with Crippen LogP contribution in [0.5, 0.6) is 0 Å². The Labute approximate surface area is 98.8 Å². The van der Waals surface area contributed by atoms with Crippen molar-refractivity contribution in [3.63, 3.8) is 0 Å². The van der Waals surface area contributed by atoms with Crippen molar-refractivity contribution in [3.8, 4) is 0 Å². The molecule has 1 aliphatic rings. The lowest BCUT2D eigenvalue weighted by Gasteiger charge is -2.30. The quantitative estimate of drug-likeness (QED) is 0.771. The molecule has 2 rings (SSSR count). The molecule has 86 valence electrons. The highest BCUT2D eigenvalue weighted by Crippen LogP contribution is 2.36. The van der Waals surface area contributed by atoms with E-state index in [9.17, 15) is 5.11 Å². The molecule has 0 bridgehead atoms. The SMILES string of the molecule is C[Si](C)(C)C[C@H]1C=Cc2ccccc2[C@H]1O. The molecule has 16 heavy (non-hydrogen) atoms. The third-order valence-corrected chi connectivity index (χ3v) is 4.79. The van der Waals surface area contributed by atoms with Crippen LogP contribution in [0.1, 0.15) is 17.2 Å². The third kappa shape index (κ3) is 2.44. The number of benzene rings is 1. The van der Waals surface area contributed by atoms with Gasteiger partial charge in [-0.05, 0) is 17.2 Å². The highest BCUT2D eigenvalue weighted by molar-refractivity contribution is 6.76. The van der Waals surface area contributed by atoms with Crippen LogP contribution in [0, 0.1) is 5.92 Å². The monoisotopic (exact) mass is 232 g/mol. The van der Waals surface area contributed by atoms with E-state index in [2.05, 4.69) is 37.9 Å². The van der Waals surface area contributed by atoms with Crippen LogP contribution in [0.2, 0.25) is 25.7 Å². The summed E-state index contributed by atoms with van der Waals surface area (Å²) in [6, 6.07) is 9.29. The minimum absolute atomic E-state index is 0.307. The minimum Gasteiger partial charge on any atom is -0.388 e. The van der Waals surface area contributed by atoms with E-state index in [1.54, 1.807) is 0 Å². The lowest BCUT2D eigenvalue weighted by Crippen LogP contribution is -2.27. The molecule has 1 nitrogen and oxygen atoms in total. The average molecular weight is 232 g/mol. The van der Waals surface area contributed by atoms with Crippen LogP contribution in [-0.4, -0.2) is 13.2 Å². The molecule has 0 heterocycles. The summed E-state index contributed by atoms with van der Waals surface area (Å²) in [5.41, 5.74) is 2.26. The van der Waals surface area contributed by atoms with Gasteiger partial charge in [-0.1, -0.05) is 56.1 Å². The Balaban J connectivity index is 2.24. The fourth-order valence-corrected chi connectivity index (χ4v) is 4.16. The van der Waals surface area contributed by atoms with E-state index in [0.717, 1.165) is 11.6 Å². The van der Waals surface area contributed by atoms with E-state index < -0.39 is 8.07 Å². The summed E-state index contributed by atoms with van der Waals surface area (Å²) in [4.78, 5) is 0. The van der Waals surface area contributed by atoms with Gasteiger partial charge in [0.1, 0.15) is 0 Å². The lowest BCUT2D eigenvalue weighted by molar-refractivity contribution is 0.137. The molecular formula is C14H20OSi. The fraction of sp³-hybridized carbons (Fsp3) is 0.429. The van der Waals surface area contributed by atoms with E-state index in [-0.39, 0.29) is 6.10 Å². The molecule has 0 saturated heterocycles. The van der Waals surface area contributed by atoms with Gasteiger partial charge in [0.2, 0.25) is 0 Å². The number of aliphatic hydroxyl groups is 1. The fourth-order valence-electron chi connectivity index (χ4n) is 2.38. The van der Waals surface area contributed by atoms with E-state index in [1.807, 2.05) is 18.2 Å². The minimum atomic E-state index is -1.12. The van der Waals surface area contributed by atoms with Crippen molar-refractivity contribution in [2.45, 2.75) is 31.8 Å². The number of fused-ring (bicyclic) bond motifs is 1. The van der Waals surface area contributed by atoms with Gasteiger partial charge in [0.25, 0.3) is 0 Å². The lowest BCUT2D eigenvalue weighted by atomic mass is 9.88. The topological polar surface area (TPSA) is 20.2 Å². The number of rotatable bonds is 2. The molecule has 0 unspecified atom stereocenters. The Kier molecular flexibility index (Phi) is 3.04. The highest BCUT2D eigenvalue weighted by atomic mass is 28.3. The number of hydrogen-bond acceptors (Lipinski definition) is 1. The second kappa shape index (κ2) is 4.19. The number of aliphatic hydroxyl groups excluding tert-OH is 1. The molecule has 0 fully saturated rings. The second-order valence-corrected chi connectivity index (χ2v) is 11.4. The van der Waals surface area contributed by atoms with Gasteiger partial charge >= 0.3 is 0 Å². The molecule has 1 aromatic rings. The first-order valence-electron chi connectivity index (χ1n) is 5.92. The summed E-state index contributed by atoms with van der Waals surface area (Å²) in [5, 5.41) is 10.4. The van der Waals surface area contributed by atoms with Crippen molar-refractivity contribution in [2.24, 2.45) is 5.92 Å². The molecule has 0 amide bonds. The van der Waals surface area contributed by atoms with Crippen LogP contribution in [0.15, 0.2) is 30.3 Å². The largest absolute Gasteiger partial charge is 0.388 e. The first-order chi connectivity index (χ1) is 7.47. The Morgan fingerprint density at radius 2 is 1.88 bits per heavy atom. The molecule has 1 aromatic carbocycles. The smallest absolute Gasteiger partial charge is 0.0855 e. The summed E-state index contributed by atoms with van der Waals surface area (Å²) >= 11 is 0. The Morgan fingerprint density at radius 1 is 1.19 bits per heavy atom. The Bertz CT molecular complexity index is 403. The van der Waals surface area contributed by atoms with E-state index in [0.29, 0.717) is 5.92 Å². The van der Waals surface area contributed by atoms with Crippen molar-refractivity contribution in [1.82, 2.24) is 0 Å². The van der Waals surface area contributed by atoms with Gasteiger partial charge in [-0.2, -0.15) is 0 Å². The average Bonchev–Trinajstić information content (AvgIpc) is 2.21. The van der Waals surface area contributed by atoms with Crippen LogP contribution in [0.25, 0.3) is 6.08 Å². The molecule has 2 atom stereocenters. The van der Waals surface area contributed by atoms with Gasteiger partial charge in [0.05, 0.1) is 6.10 Å². The molecule has 0 radical (unpaired) electrons. The normalized spacial score (nSPS) is 24.2. The van der Waals surface area contributed by atoms with Crippen LogP contribution in [0.4, 0.5) is 0 Å². The molecule has 0 aromatic heterocycles. The maximum absolute atomic E-state index is 10.4. The van der Waals surface area contributed by atoms with Crippen LogP contribution < -0.4 is 0 Å². The first kappa shape index (κ1) is 11.6. The third-order valence-electron chi connectivity index (χ3n) is 3.09. The maximum atomic E-state index is 10.4. The Morgan fingerprint density at radius 3 is 2.56 bits per heavy atom. The number of hydrogen-bond donors (Lipinski definition) is 1. The predicted octanol–water partition coefficient (Wildman–Crippen LogP) is 3.70. The van der Waals surface area contributed by atoms with Crippen molar-refractivity contribution in [1.29, 1.82) is 0 Å². The zero-order chi connectivity index (χ0) is 11.8. The van der Waals surface area contributed by atoms with Gasteiger partial charge in [-0.15, -0.1) is 0 Å². The van der Waals surface area contributed by atoms with Gasteiger partial charge < -0.3 is 5.11 Å². The summed E-state index contributed by atoms with van der Waals surface area (Å²) in [6.45, 7) is 7.07. The summed E-state index contributed by atoms with van der Waals surface area (Å²) in [7, 11) is -1.12. The van der Waals surface area contributed by atoms with Crippen molar-refractivity contribution in [2.75, 3.05) is 0 Å². The standard InChI is InChI=1S/C14H20OSi/c1-16(2,3)10-12-9-8-11-6-4-5-7-13(11)14(12)15/h4-9,12,14-15H,10H2,1-3H3/t12-,14+/m1/s1. The van der Waals surface area contributed by atoms with Crippen LogP contribution in [-0.2, 0) is 0 Å². The zero-order valence-corrected chi connectivity index (χ0v) is 11.3. The molecule has 0 aliphatic heterocycles. The molecule has 1 aliphatic carbocycles. The Hall–Kier alpha value is -0.863. The van der Waals surface area contributed by atoms with Crippen LogP contribution >= 0.6 is 0 Å². The molecule has 0 spiro atoms. The summed E-state index contributed by atoms with van der Waals surface area (Å²) < 4.78 is 0. The van der Waals surface area contributed by atoms with Crippen molar-refractivity contribution in [3.05, 3.63) is 41.5 Å². The van der Waals surface area contributed by atoms with Crippen molar-refractivity contribution < 1.29 is 5.11 Å². The highest BCUT2D eigenvalue weighted by Gasteiger charge is 2.28. The second-order valence-electron chi connectivity index (χ2n) is 5.86. The summed E-state index contributed by atoms with van der Waals surface area (Å²) in [5.74, 6) is 0.307. The molecule has 2 heteroatoms. The van der Waals surface area contributed by atoms with E-state index >= 15 is 0 Å². The molecule has 0 saturated carbocycles. The van der Waals surface area contributed by atoms with E-state index in [4.69, 9.17) is 0 Å². The van der Waals surface area contributed by atoms with Crippen molar-refractivity contribution >= 4 is 14.1 Å². The van der Waals surface area contributed by atoms with Gasteiger partial charge in [-0.3, -0.25) is 0 Å². The van der Waals surface area contributed by atoms with Gasteiger partial charge in [-0.25, -0.2) is 0 Å². The predicted molar refractivity (Wildman–Crippen MR) is 72.1 cm³/mol. The molecule has 1 N–H and O–H groups in total. The van der Waals surface area contributed by atoms with Gasteiger partial charge in [0, 0.05) is 14.0 Å². The zero-order valence-electron chi connectivity index (χ0n) is 10.3. The van der Waals surface area contributed by atoms with E-state index in [1.165, 1.54) is 5.56 Å². The first-order valence-corrected chi connectivity index (χ1v) is 9.63. The van der Waals surface area contributed by atoms with Gasteiger partial charge in [0.15, 0.2) is 0 Å². The van der Waals surface area contributed by atoms with Crippen LogP contribution in [0.3, 0.4) is 0 Å². The molecular weight excluding hydrogens is 212 g/mol. The summed E-state index contributed by atoms with van der Waals surface area (Å²) in [6.07, 6.45) is 4.03. The maximum Gasteiger partial charge on any atom is 0.0855 e.